The van der Waals surface area contributed by atoms with Gasteiger partial charge < -0.3 is 0 Å². The lowest BCUT2D eigenvalue weighted by Crippen LogP contribution is -2.16. The Morgan fingerprint density at radius 2 is 1.87 bits per heavy atom. The van der Waals surface area contributed by atoms with Crippen molar-refractivity contribution in [3.05, 3.63) is 33.8 Å². The number of rotatable bonds is 2. The largest absolute Gasteiger partial charge is 0.0840 e. The van der Waals surface area contributed by atoms with Gasteiger partial charge in [0.15, 0.2) is 0 Å². The van der Waals surface area contributed by atoms with E-state index in [-0.39, 0.29) is 0 Å². The van der Waals surface area contributed by atoms with Crippen molar-refractivity contribution in [2.45, 2.75) is 37.9 Å². The highest BCUT2D eigenvalue weighted by Crippen LogP contribution is 2.45. The zero-order valence-electron chi connectivity index (χ0n) is 9.19. The minimum absolute atomic E-state index is 0.443. The van der Waals surface area contributed by atoms with Gasteiger partial charge in [0.25, 0.3) is 0 Å². The fraction of sp³-hybridized carbons (Fsp3) is 0.538. The van der Waals surface area contributed by atoms with E-state index in [9.17, 15) is 0 Å². The van der Waals surface area contributed by atoms with E-state index < -0.39 is 0 Å². The van der Waals surface area contributed by atoms with Crippen molar-refractivity contribution in [2.24, 2.45) is 5.92 Å². The van der Waals surface area contributed by atoms with E-state index in [0.717, 1.165) is 10.9 Å². The van der Waals surface area contributed by atoms with Crippen LogP contribution >= 0.6 is 27.5 Å². The first-order chi connectivity index (χ1) is 7.09. The van der Waals surface area contributed by atoms with Gasteiger partial charge in [-0.3, -0.25) is 0 Å². The highest BCUT2D eigenvalue weighted by molar-refractivity contribution is 9.09. The van der Waals surface area contributed by atoms with Gasteiger partial charge in [-0.25, -0.2) is 0 Å². The molecule has 0 aliphatic heterocycles. The van der Waals surface area contributed by atoms with Crippen molar-refractivity contribution >= 4 is 27.5 Å². The Kier molecular flexibility index (Phi) is 3.42. The topological polar surface area (TPSA) is 0 Å². The number of halogens is 2. The van der Waals surface area contributed by atoms with Gasteiger partial charge in [-0.1, -0.05) is 40.0 Å². The van der Waals surface area contributed by atoms with Crippen molar-refractivity contribution in [3.8, 4) is 0 Å². The van der Waals surface area contributed by atoms with Crippen LogP contribution in [0.2, 0.25) is 5.02 Å². The molecule has 82 valence electrons. The molecule has 0 nitrogen and oxygen atoms in total. The van der Waals surface area contributed by atoms with Crippen molar-refractivity contribution in [1.82, 2.24) is 0 Å². The molecule has 1 aromatic rings. The molecule has 0 bridgehead atoms. The van der Waals surface area contributed by atoms with E-state index in [1.807, 2.05) is 0 Å². The Balaban J connectivity index is 2.30. The van der Waals surface area contributed by atoms with Crippen LogP contribution in [0.4, 0.5) is 0 Å². The van der Waals surface area contributed by atoms with Gasteiger partial charge >= 0.3 is 0 Å². The molecule has 2 heteroatoms. The van der Waals surface area contributed by atoms with Crippen LogP contribution in [0.15, 0.2) is 12.1 Å². The Bertz CT molecular complexity index is 369. The van der Waals surface area contributed by atoms with Crippen molar-refractivity contribution in [3.63, 3.8) is 0 Å². The summed E-state index contributed by atoms with van der Waals surface area (Å²) in [5, 5.41) is 0.909. The summed E-state index contributed by atoms with van der Waals surface area (Å²) in [5.41, 5.74) is 3.87. The highest BCUT2D eigenvalue weighted by Gasteiger charge is 2.27. The molecule has 1 atom stereocenters. The normalized spacial score (nSPS) is 18.7. The van der Waals surface area contributed by atoms with E-state index >= 15 is 0 Å². The Hall–Kier alpha value is -0.0100. The summed E-state index contributed by atoms with van der Waals surface area (Å²) in [6.07, 6.45) is 4.04. The van der Waals surface area contributed by atoms with Gasteiger partial charge in [-0.2, -0.15) is 0 Å². The van der Waals surface area contributed by atoms with Gasteiger partial charge in [-0.05, 0) is 55.4 Å². The van der Waals surface area contributed by atoms with Crippen LogP contribution in [0, 0.1) is 19.8 Å². The molecular formula is C13H16BrCl. The summed E-state index contributed by atoms with van der Waals surface area (Å²) < 4.78 is 0. The van der Waals surface area contributed by atoms with Crippen molar-refractivity contribution in [2.75, 3.05) is 0 Å². The molecule has 15 heavy (non-hydrogen) atoms. The van der Waals surface area contributed by atoms with Crippen molar-refractivity contribution in [1.29, 1.82) is 0 Å². The van der Waals surface area contributed by atoms with Crippen LogP contribution < -0.4 is 0 Å². The molecule has 0 saturated heterocycles. The van der Waals surface area contributed by atoms with Gasteiger partial charge in [0, 0.05) is 9.85 Å². The van der Waals surface area contributed by atoms with Crippen LogP contribution in [0.3, 0.4) is 0 Å². The second-order valence-electron chi connectivity index (χ2n) is 4.55. The molecule has 1 unspecified atom stereocenters. The smallest absolute Gasteiger partial charge is 0.0452 e. The minimum Gasteiger partial charge on any atom is -0.0840 e. The molecule has 0 N–H and O–H groups in total. The summed E-state index contributed by atoms with van der Waals surface area (Å²) in [5.74, 6) is 0.782. The SMILES string of the molecule is Cc1cc(Cl)c(C(Br)C2CCC2)cc1C. The Labute approximate surface area is 105 Å². The van der Waals surface area contributed by atoms with Gasteiger partial charge in [0.2, 0.25) is 0 Å². The molecular weight excluding hydrogens is 272 g/mol. The van der Waals surface area contributed by atoms with Crippen molar-refractivity contribution < 1.29 is 0 Å². The number of hydrogen-bond acceptors (Lipinski definition) is 0. The number of aryl methyl sites for hydroxylation is 2. The van der Waals surface area contributed by atoms with Crippen LogP contribution in [-0.4, -0.2) is 0 Å². The number of benzene rings is 1. The third-order valence-electron chi connectivity index (χ3n) is 3.47. The third-order valence-corrected chi connectivity index (χ3v) is 5.04. The summed E-state index contributed by atoms with van der Waals surface area (Å²) in [6, 6.07) is 4.31. The van der Waals surface area contributed by atoms with Crippen LogP contribution in [-0.2, 0) is 0 Å². The molecule has 1 aliphatic rings. The number of hydrogen-bond donors (Lipinski definition) is 0. The summed E-state index contributed by atoms with van der Waals surface area (Å²) in [4.78, 5) is 0.443. The zero-order chi connectivity index (χ0) is 11.0. The Morgan fingerprint density at radius 3 is 2.40 bits per heavy atom. The number of alkyl halides is 1. The summed E-state index contributed by atoms with van der Waals surface area (Å²) in [7, 11) is 0. The molecule has 0 amide bonds. The van der Waals surface area contributed by atoms with E-state index in [2.05, 4.69) is 41.9 Å². The maximum Gasteiger partial charge on any atom is 0.0452 e. The average Bonchev–Trinajstić information content (AvgIpc) is 2.08. The van der Waals surface area contributed by atoms with E-state index in [1.165, 1.54) is 36.0 Å². The first-order valence-corrected chi connectivity index (χ1v) is 6.79. The molecule has 1 aliphatic carbocycles. The molecule has 1 fully saturated rings. The van der Waals surface area contributed by atoms with Crippen LogP contribution in [0.25, 0.3) is 0 Å². The fourth-order valence-electron chi connectivity index (χ4n) is 2.00. The minimum atomic E-state index is 0.443. The molecule has 2 rings (SSSR count). The maximum absolute atomic E-state index is 6.29. The zero-order valence-corrected chi connectivity index (χ0v) is 11.5. The van der Waals surface area contributed by atoms with Crippen LogP contribution in [0.1, 0.15) is 40.8 Å². The predicted molar refractivity (Wildman–Crippen MR) is 69.9 cm³/mol. The summed E-state index contributed by atoms with van der Waals surface area (Å²) in [6.45, 7) is 4.26. The molecule has 0 spiro atoms. The van der Waals surface area contributed by atoms with Gasteiger partial charge in [-0.15, -0.1) is 0 Å². The molecule has 0 heterocycles. The molecule has 0 aromatic heterocycles. The average molecular weight is 288 g/mol. The first kappa shape index (κ1) is 11.5. The lowest BCUT2D eigenvalue weighted by Gasteiger charge is -2.31. The second kappa shape index (κ2) is 4.47. The lowest BCUT2D eigenvalue weighted by molar-refractivity contribution is 0.312. The second-order valence-corrected chi connectivity index (χ2v) is 5.94. The molecule has 1 aromatic carbocycles. The lowest BCUT2D eigenvalue weighted by atomic mass is 9.80. The van der Waals surface area contributed by atoms with E-state index in [1.54, 1.807) is 0 Å². The van der Waals surface area contributed by atoms with Crippen LogP contribution in [0.5, 0.6) is 0 Å². The monoisotopic (exact) mass is 286 g/mol. The predicted octanol–water partition coefficient (Wildman–Crippen LogP) is 5.19. The fourth-order valence-corrected chi connectivity index (χ4v) is 3.38. The van der Waals surface area contributed by atoms with E-state index in [0.29, 0.717) is 4.83 Å². The Morgan fingerprint density at radius 1 is 1.27 bits per heavy atom. The quantitative estimate of drug-likeness (QED) is 0.656. The van der Waals surface area contributed by atoms with Gasteiger partial charge in [0.1, 0.15) is 0 Å². The molecule has 0 radical (unpaired) electrons. The highest BCUT2D eigenvalue weighted by atomic mass is 79.9. The van der Waals surface area contributed by atoms with E-state index in [4.69, 9.17) is 11.6 Å². The summed E-state index contributed by atoms with van der Waals surface area (Å²) >= 11 is 10.1. The maximum atomic E-state index is 6.29. The molecule has 1 saturated carbocycles. The third kappa shape index (κ3) is 2.24. The standard InChI is InChI=1S/C13H16BrCl/c1-8-6-11(12(15)7-9(8)2)13(14)10-4-3-5-10/h6-7,10,13H,3-5H2,1-2H3. The first-order valence-electron chi connectivity index (χ1n) is 5.50. The van der Waals surface area contributed by atoms with Gasteiger partial charge in [0.05, 0.1) is 0 Å².